The summed E-state index contributed by atoms with van der Waals surface area (Å²) in [7, 11) is 0. The zero-order valence-electron chi connectivity index (χ0n) is 7.10. The second kappa shape index (κ2) is 2.56. The van der Waals surface area contributed by atoms with Crippen molar-refractivity contribution in [2.45, 2.75) is 25.8 Å². The quantitative estimate of drug-likeness (QED) is 0.625. The van der Waals surface area contributed by atoms with E-state index in [4.69, 9.17) is 5.73 Å². The van der Waals surface area contributed by atoms with Gasteiger partial charge in [0, 0.05) is 11.6 Å². The number of hydrogen-bond acceptors (Lipinski definition) is 1. The Morgan fingerprint density at radius 3 is 3.00 bits per heavy atom. The Morgan fingerprint density at radius 2 is 2.25 bits per heavy atom. The summed E-state index contributed by atoms with van der Waals surface area (Å²) in [5.41, 5.74) is 8.31. The minimum atomic E-state index is -0.0995. The molecule has 0 saturated carbocycles. The van der Waals surface area contributed by atoms with Gasteiger partial charge in [-0.25, -0.2) is 4.39 Å². The fourth-order valence-corrected chi connectivity index (χ4v) is 1.82. The molecular weight excluding hydrogens is 153 g/mol. The third kappa shape index (κ3) is 0.950. The first-order chi connectivity index (χ1) is 5.70. The summed E-state index contributed by atoms with van der Waals surface area (Å²) in [6.07, 6.45) is 1.81. The lowest BCUT2D eigenvalue weighted by molar-refractivity contribution is 0.581. The monoisotopic (exact) mass is 165 g/mol. The van der Waals surface area contributed by atoms with Gasteiger partial charge in [-0.05, 0) is 30.9 Å². The molecule has 0 saturated heterocycles. The highest BCUT2D eigenvalue weighted by Gasteiger charge is 2.23. The summed E-state index contributed by atoms with van der Waals surface area (Å²) in [6, 6.07) is 3.73. The van der Waals surface area contributed by atoms with E-state index in [9.17, 15) is 4.39 Å². The minimum Gasteiger partial charge on any atom is -0.324 e. The average molecular weight is 165 g/mol. The van der Waals surface area contributed by atoms with Crippen LogP contribution in [0.3, 0.4) is 0 Å². The van der Waals surface area contributed by atoms with Gasteiger partial charge in [-0.1, -0.05) is 12.1 Å². The number of hydrogen-bond donors (Lipinski definition) is 1. The first-order valence-corrected chi connectivity index (χ1v) is 4.23. The Bertz CT molecular complexity index is 320. The van der Waals surface area contributed by atoms with Crippen molar-refractivity contribution in [3.63, 3.8) is 0 Å². The van der Waals surface area contributed by atoms with E-state index in [1.807, 2.05) is 12.1 Å². The van der Waals surface area contributed by atoms with E-state index in [-0.39, 0.29) is 11.9 Å². The van der Waals surface area contributed by atoms with Crippen LogP contribution in [0.1, 0.15) is 29.2 Å². The van der Waals surface area contributed by atoms with Crippen molar-refractivity contribution < 1.29 is 4.39 Å². The summed E-state index contributed by atoms with van der Waals surface area (Å²) in [4.78, 5) is 0. The first-order valence-electron chi connectivity index (χ1n) is 4.23. The molecule has 1 nitrogen and oxygen atoms in total. The Morgan fingerprint density at radius 1 is 1.50 bits per heavy atom. The van der Waals surface area contributed by atoms with Crippen molar-refractivity contribution in [3.05, 3.63) is 34.6 Å². The van der Waals surface area contributed by atoms with Crippen molar-refractivity contribution in [3.8, 4) is 0 Å². The van der Waals surface area contributed by atoms with Crippen molar-refractivity contribution in [2.75, 3.05) is 0 Å². The van der Waals surface area contributed by atoms with Gasteiger partial charge >= 0.3 is 0 Å². The lowest BCUT2D eigenvalue weighted by atomic mass is 10.0. The molecule has 0 spiro atoms. The van der Waals surface area contributed by atoms with Gasteiger partial charge in [-0.15, -0.1) is 0 Å². The average Bonchev–Trinajstić information content (AvgIpc) is 2.41. The Kier molecular flexibility index (Phi) is 1.65. The van der Waals surface area contributed by atoms with Crippen LogP contribution in [0.4, 0.5) is 4.39 Å². The Hall–Kier alpha value is -0.890. The van der Waals surface area contributed by atoms with Gasteiger partial charge in [0.05, 0.1) is 0 Å². The maximum absolute atomic E-state index is 13.5. The van der Waals surface area contributed by atoms with Crippen LogP contribution in [0.15, 0.2) is 12.1 Å². The zero-order chi connectivity index (χ0) is 8.72. The predicted octanol–water partition coefficient (Wildman–Crippen LogP) is 2.08. The highest BCUT2D eigenvalue weighted by atomic mass is 19.1. The number of nitrogens with two attached hydrogens (primary N) is 1. The van der Waals surface area contributed by atoms with E-state index in [1.54, 1.807) is 6.92 Å². The van der Waals surface area contributed by atoms with Crippen LogP contribution in [-0.4, -0.2) is 0 Å². The summed E-state index contributed by atoms with van der Waals surface area (Å²) in [6.45, 7) is 1.78. The van der Waals surface area contributed by atoms with E-state index in [0.717, 1.165) is 24.0 Å². The summed E-state index contributed by atoms with van der Waals surface area (Å²) >= 11 is 0. The van der Waals surface area contributed by atoms with Crippen LogP contribution in [0, 0.1) is 12.7 Å². The number of benzene rings is 1. The molecule has 64 valence electrons. The summed E-state index contributed by atoms with van der Waals surface area (Å²) in [5, 5.41) is 0. The second-order valence-electron chi connectivity index (χ2n) is 3.41. The number of aryl methyl sites for hydroxylation is 2. The SMILES string of the molecule is Cc1ccc2c(c1F)[C@@H](N)CC2. The van der Waals surface area contributed by atoms with Crippen LogP contribution in [0.25, 0.3) is 0 Å². The zero-order valence-corrected chi connectivity index (χ0v) is 7.10. The molecule has 0 fully saturated rings. The normalized spacial score (nSPS) is 21.1. The van der Waals surface area contributed by atoms with Gasteiger partial charge in [-0.3, -0.25) is 0 Å². The van der Waals surface area contributed by atoms with Crippen LogP contribution in [-0.2, 0) is 6.42 Å². The summed E-state index contributed by atoms with van der Waals surface area (Å²) < 4.78 is 13.5. The Balaban J connectivity index is 2.63. The van der Waals surface area contributed by atoms with Crippen LogP contribution in [0.2, 0.25) is 0 Å². The standard InChI is InChI=1S/C10H12FN/c1-6-2-3-7-4-5-8(12)9(7)10(6)11/h2-3,8H,4-5,12H2,1H3/t8-/m0/s1. The van der Waals surface area contributed by atoms with Crippen LogP contribution in [0.5, 0.6) is 0 Å². The van der Waals surface area contributed by atoms with Gasteiger partial charge in [-0.2, -0.15) is 0 Å². The molecule has 0 amide bonds. The minimum absolute atomic E-state index is 0.0834. The molecule has 0 aliphatic heterocycles. The molecule has 1 aromatic carbocycles. The van der Waals surface area contributed by atoms with E-state index in [1.165, 1.54) is 0 Å². The van der Waals surface area contributed by atoms with Crippen molar-refractivity contribution in [1.82, 2.24) is 0 Å². The smallest absolute Gasteiger partial charge is 0.131 e. The van der Waals surface area contributed by atoms with Crippen molar-refractivity contribution in [2.24, 2.45) is 5.73 Å². The molecule has 12 heavy (non-hydrogen) atoms. The third-order valence-electron chi connectivity index (χ3n) is 2.56. The molecule has 1 atom stereocenters. The fraction of sp³-hybridized carbons (Fsp3) is 0.400. The molecule has 0 bridgehead atoms. The lowest BCUT2D eigenvalue weighted by Gasteiger charge is -2.07. The maximum Gasteiger partial charge on any atom is 0.131 e. The van der Waals surface area contributed by atoms with Crippen LogP contribution >= 0.6 is 0 Å². The molecule has 1 aromatic rings. The highest BCUT2D eigenvalue weighted by molar-refractivity contribution is 5.38. The first kappa shape index (κ1) is 7.74. The van der Waals surface area contributed by atoms with Gasteiger partial charge < -0.3 is 5.73 Å². The van der Waals surface area contributed by atoms with Gasteiger partial charge in [0.2, 0.25) is 0 Å². The van der Waals surface area contributed by atoms with E-state index < -0.39 is 0 Å². The molecule has 0 unspecified atom stereocenters. The molecule has 1 aliphatic rings. The largest absolute Gasteiger partial charge is 0.324 e. The van der Waals surface area contributed by atoms with E-state index in [2.05, 4.69) is 0 Å². The van der Waals surface area contributed by atoms with E-state index in [0.29, 0.717) is 5.56 Å². The highest BCUT2D eigenvalue weighted by Crippen LogP contribution is 2.32. The number of halogens is 1. The molecular formula is C10H12FN. The molecule has 2 N–H and O–H groups in total. The molecule has 0 heterocycles. The maximum atomic E-state index is 13.5. The van der Waals surface area contributed by atoms with Crippen molar-refractivity contribution in [1.29, 1.82) is 0 Å². The summed E-state index contributed by atoms with van der Waals surface area (Å²) in [5.74, 6) is -0.0995. The molecule has 0 aromatic heterocycles. The molecule has 2 heteroatoms. The molecule has 2 rings (SSSR count). The van der Waals surface area contributed by atoms with Crippen LogP contribution < -0.4 is 5.73 Å². The van der Waals surface area contributed by atoms with Gasteiger partial charge in [0.25, 0.3) is 0 Å². The predicted molar refractivity (Wildman–Crippen MR) is 46.4 cm³/mol. The number of rotatable bonds is 0. The Labute approximate surface area is 71.4 Å². The second-order valence-corrected chi connectivity index (χ2v) is 3.41. The lowest BCUT2D eigenvalue weighted by Crippen LogP contribution is -2.08. The fourth-order valence-electron chi connectivity index (χ4n) is 1.82. The number of fused-ring (bicyclic) bond motifs is 1. The van der Waals surface area contributed by atoms with Gasteiger partial charge in [0.1, 0.15) is 5.82 Å². The topological polar surface area (TPSA) is 26.0 Å². The van der Waals surface area contributed by atoms with Crippen molar-refractivity contribution >= 4 is 0 Å². The molecule has 0 radical (unpaired) electrons. The third-order valence-corrected chi connectivity index (χ3v) is 2.56. The van der Waals surface area contributed by atoms with E-state index >= 15 is 0 Å². The molecule has 1 aliphatic carbocycles. The van der Waals surface area contributed by atoms with Gasteiger partial charge in [0.15, 0.2) is 0 Å².